The topological polar surface area (TPSA) is 67.4 Å². The molecule has 0 aliphatic heterocycles. The van der Waals surface area contributed by atoms with Crippen molar-refractivity contribution in [2.45, 2.75) is 6.92 Å². The first kappa shape index (κ1) is 20.4. The second-order valence-electron chi connectivity index (χ2n) is 5.35. The van der Waals surface area contributed by atoms with Gasteiger partial charge in [0, 0.05) is 15.7 Å². The van der Waals surface area contributed by atoms with Crippen molar-refractivity contribution in [3.63, 3.8) is 0 Å². The van der Waals surface area contributed by atoms with Gasteiger partial charge in [0.25, 0.3) is 0 Å². The van der Waals surface area contributed by atoms with Gasteiger partial charge >= 0.3 is 0 Å². The van der Waals surface area contributed by atoms with Crippen LogP contribution >= 0.6 is 35.0 Å². The lowest BCUT2D eigenvalue weighted by Gasteiger charge is -2.11. The molecule has 26 heavy (non-hydrogen) atoms. The van der Waals surface area contributed by atoms with Crippen LogP contribution in [0.2, 0.25) is 10.0 Å². The molecule has 0 radical (unpaired) electrons. The molecule has 138 valence electrons. The van der Waals surface area contributed by atoms with Crippen LogP contribution in [-0.2, 0) is 9.59 Å². The number of methoxy groups -OCH3 is 1. The number of ether oxygens (including phenoxy) is 1. The summed E-state index contributed by atoms with van der Waals surface area (Å²) in [5, 5.41) is 6.59. The van der Waals surface area contributed by atoms with Crippen molar-refractivity contribution in [2.24, 2.45) is 0 Å². The van der Waals surface area contributed by atoms with Crippen LogP contribution in [0.3, 0.4) is 0 Å². The molecule has 2 N–H and O–H groups in total. The Morgan fingerprint density at radius 2 is 1.69 bits per heavy atom. The molecular formula is C18H18Cl2N2O3S. The summed E-state index contributed by atoms with van der Waals surface area (Å²) in [7, 11) is 1.51. The molecule has 0 aromatic heterocycles. The Morgan fingerprint density at radius 1 is 1.04 bits per heavy atom. The zero-order valence-corrected chi connectivity index (χ0v) is 16.6. The number of rotatable bonds is 7. The molecule has 0 atom stereocenters. The van der Waals surface area contributed by atoms with Gasteiger partial charge in [-0.05, 0) is 42.8 Å². The van der Waals surface area contributed by atoms with Gasteiger partial charge in [-0.2, -0.15) is 0 Å². The van der Waals surface area contributed by atoms with Crippen LogP contribution < -0.4 is 15.4 Å². The van der Waals surface area contributed by atoms with Gasteiger partial charge in [0.15, 0.2) is 0 Å². The van der Waals surface area contributed by atoms with Crippen molar-refractivity contribution in [3.05, 3.63) is 52.0 Å². The maximum absolute atomic E-state index is 12.1. The number of amides is 2. The molecule has 5 nitrogen and oxygen atoms in total. The average molecular weight is 413 g/mol. The van der Waals surface area contributed by atoms with E-state index in [1.54, 1.807) is 36.4 Å². The van der Waals surface area contributed by atoms with Crippen LogP contribution in [0.25, 0.3) is 0 Å². The van der Waals surface area contributed by atoms with E-state index < -0.39 is 0 Å². The van der Waals surface area contributed by atoms with Crippen molar-refractivity contribution < 1.29 is 14.3 Å². The van der Waals surface area contributed by atoms with Gasteiger partial charge in [0.2, 0.25) is 11.8 Å². The minimum Gasteiger partial charge on any atom is -0.495 e. The molecule has 8 heteroatoms. The van der Waals surface area contributed by atoms with E-state index in [4.69, 9.17) is 27.9 Å². The highest BCUT2D eigenvalue weighted by molar-refractivity contribution is 8.00. The quantitative estimate of drug-likeness (QED) is 0.695. The number of thioether (sulfide) groups is 1. The van der Waals surface area contributed by atoms with E-state index in [0.717, 1.165) is 5.56 Å². The monoisotopic (exact) mass is 412 g/mol. The maximum Gasteiger partial charge on any atom is 0.234 e. The van der Waals surface area contributed by atoms with E-state index in [1.807, 2.05) is 6.92 Å². The fourth-order valence-electron chi connectivity index (χ4n) is 2.13. The molecule has 2 aromatic carbocycles. The van der Waals surface area contributed by atoms with Crippen LogP contribution in [0, 0.1) is 6.92 Å². The van der Waals surface area contributed by atoms with E-state index in [9.17, 15) is 9.59 Å². The van der Waals surface area contributed by atoms with Gasteiger partial charge in [-0.1, -0.05) is 29.3 Å². The number of hydrogen-bond acceptors (Lipinski definition) is 4. The summed E-state index contributed by atoms with van der Waals surface area (Å²) < 4.78 is 5.18. The fraction of sp³-hybridized carbons (Fsp3) is 0.222. The summed E-state index contributed by atoms with van der Waals surface area (Å²) in [6.45, 7) is 1.83. The number of nitrogens with one attached hydrogen (secondary N) is 2. The molecule has 0 aliphatic carbocycles. The smallest absolute Gasteiger partial charge is 0.234 e. The van der Waals surface area contributed by atoms with Crippen molar-refractivity contribution in [1.82, 2.24) is 0 Å². The molecule has 0 heterocycles. The largest absolute Gasteiger partial charge is 0.495 e. The average Bonchev–Trinajstić information content (AvgIpc) is 2.59. The lowest BCUT2D eigenvalue weighted by atomic mass is 10.2. The van der Waals surface area contributed by atoms with Crippen LogP contribution in [-0.4, -0.2) is 30.4 Å². The number of halogens is 2. The first-order valence-electron chi connectivity index (χ1n) is 7.67. The Morgan fingerprint density at radius 3 is 2.35 bits per heavy atom. The Hall–Kier alpha value is -1.89. The number of anilines is 2. The molecule has 2 aromatic rings. The van der Waals surface area contributed by atoms with Gasteiger partial charge < -0.3 is 15.4 Å². The highest BCUT2D eigenvalue weighted by atomic mass is 35.5. The minimum absolute atomic E-state index is 0.123. The van der Waals surface area contributed by atoms with Gasteiger partial charge in [0.05, 0.1) is 24.3 Å². The zero-order chi connectivity index (χ0) is 19.1. The minimum atomic E-state index is -0.248. The molecule has 2 amide bonds. The van der Waals surface area contributed by atoms with Gasteiger partial charge in [-0.15, -0.1) is 11.8 Å². The summed E-state index contributed by atoms with van der Waals surface area (Å²) in [5.41, 5.74) is 1.96. The molecule has 0 saturated heterocycles. The number of benzene rings is 2. The SMILES string of the molecule is COc1ccc(Cl)cc1NC(=O)CSCC(=O)Nc1cccc(Cl)c1C. The third-order valence-corrected chi connectivity index (χ3v) is 5.02. The summed E-state index contributed by atoms with van der Waals surface area (Å²) in [6, 6.07) is 10.3. The first-order chi connectivity index (χ1) is 12.4. The summed E-state index contributed by atoms with van der Waals surface area (Å²) in [4.78, 5) is 24.1. The van der Waals surface area contributed by atoms with Crippen LogP contribution in [0.5, 0.6) is 5.75 Å². The van der Waals surface area contributed by atoms with Gasteiger partial charge in [-0.3, -0.25) is 9.59 Å². The molecule has 0 saturated carbocycles. The molecule has 0 bridgehead atoms. The second kappa shape index (κ2) is 9.71. The Balaban J connectivity index is 1.82. The second-order valence-corrected chi connectivity index (χ2v) is 7.18. The number of hydrogen-bond donors (Lipinski definition) is 2. The molecule has 0 fully saturated rings. The lowest BCUT2D eigenvalue weighted by Crippen LogP contribution is -2.19. The van der Waals surface area contributed by atoms with E-state index in [1.165, 1.54) is 18.9 Å². The third-order valence-electron chi connectivity index (χ3n) is 3.44. The Kier molecular flexibility index (Phi) is 7.63. The molecule has 0 aliphatic rings. The van der Waals surface area contributed by atoms with Crippen LogP contribution in [0.1, 0.15) is 5.56 Å². The number of carbonyl (C=O) groups excluding carboxylic acids is 2. The third kappa shape index (κ3) is 5.83. The standard InChI is InChI=1S/C18H18Cl2N2O3S/c1-11-13(20)4-3-5-14(11)21-17(23)9-26-10-18(24)22-15-8-12(19)6-7-16(15)25-2/h3-8H,9-10H2,1-2H3,(H,21,23)(H,22,24). The van der Waals surface area contributed by atoms with Crippen LogP contribution in [0.4, 0.5) is 11.4 Å². The fourth-order valence-corrected chi connectivity index (χ4v) is 3.09. The van der Waals surface area contributed by atoms with Crippen LogP contribution in [0.15, 0.2) is 36.4 Å². The molecule has 0 unspecified atom stereocenters. The summed E-state index contributed by atoms with van der Waals surface area (Å²) in [6.07, 6.45) is 0. The first-order valence-corrected chi connectivity index (χ1v) is 9.58. The normalized spacial score (nSPS) is 10.3. The number of carbonyl (C=O) groups is 2. The van der Waals surface area contributed by atoms with E-state index in [0.29, 0.717) is 27.2 Å². The Labute approximate surface area is 166 Å². The van der Waals surface area contributed by atoms with Gasteiger partial charge in [0.1, 0.15) is 5.75 Å². The summed E-state index contributed by atoms with van der Waals surface area (Å²) >= 11 is 13.2. The molecule has 2 rings (SSSR count). The predicted molar refractivity (Wildman–Crippen MR) is 109 cm³/mol. The van der Waals surface area contributed by atoms with E-state index >= 15 is 0 Å². The van der Waals surface area contributed by atoms with E-state index in [2.05, 4.69) is 10.6 Å². The summed E-state index contributed by atoms with van der Waals surface area (Å²) in [5.74, 6) is 0.335. The highest BCUT2D eigenvalue weighted by Gasteiger charge is 2.11. The lowest BCUT2D eigenvalue weighted by molar-refractivity contribution is -0.114. The molecular weight excluding hydrogens is 395 g/mol. The van der Waals surface area contributed by atoms with Crippen molar-refractivity contribution >= 4 is 58.2 Å². The molecule has 0 spiro atoms. The Bertz CT molecular complexity index is 815. The van der Waals surface area contributed by atoms with Crippen molar-refractivity contribution in [3.8, 4) is 5.75 Å². The highest BCUT2D eigenvalue weighted by Crippen LogP contribution is 2.28. The maximum atomic E-state index is 12.1. The van der Waals surface area contributed by atoms with Crippen molar-refractivity contribution in [2.75, 3.05) is 29.2 Å². The van der Waals surface area contributed by atoms with Gasteiger partial charge in [-0.25, -0.2) is 0 Å². The zero-order valence-electron chi connectivity index (χ0n) is 14.3. The van der Waals surface area contributed by atoms with E-state index in [-0.39, 0.29) is 23.3 Å². The predicted octanol–water partition coefficient (Wildman–Crippen LogP) is 4.62. The van der Waals surface area contributed by atoms with Crippen molar-refractivity contribution in [1.29, 1.82) is 0 Å².